The Hall–Kier alpha value is -1.50. The highest BCUT2D eigenvalue weighted by Gasteiger charge is 2.24. The van der Waals surface area contributed by atoms with E-state index in [0.717, 1.165) is 6.42 Å². The zero-order valence-electron chi connectivity index (χ0n) is 9.17. The maximum absolute atomic E-state index is 11.5. The number of hydrogen-bond donors (Lipinski definition) is 1. The Kier molecular flexibility index (Phi) is 3.35. The number of rotatable bonds is 3. The Balaban J connectivity index is 2.43. The quantitative estimate of drug-likeness (QED) is 0.670. The lowest BCUT2D eigenvalue weighted by atomic mass is 10.1. The molecule has 1 aliphatic heterocycles. The van der Waals surface area contributed by atoms with E-state index in [9.17, 15) is 9.59 Å². The molecule has 82 valence electrons. The van der Waals surface area contributed by atoms with Gasteiger partial charge in [-0.1, -0.05) is 5.92 Å². The molecule has 0 aromatic carbocycles. The molecule has 1 fully saturated rings. The molecule has 4 heteroatoms. The summed E-state index contributed by atoms with van der Waals surface area (Å²) in [7, 11) is 0. The summed E-state index contributed by atoms with van der Waals surface area (Å²) in [4.78, 5) is 24.3. The molecule has 0 aliphatic carbocycles. The van der Waals surface area contributed by atoms with Gasteiger partial charge in [-0.15, -0.1) is 6.42 Å². The van der Waals surface area contributed by atoms with Gasteiger partial charge >= 0.3 is 0 Å². The minimum Gasteiger partial charge on any atom is -0.339 e. The van der Waals surface area contributed by atoms with E-state index >= 15 is 0 Å². The third-order valence-electron chi connectivity index (χ3n) is 2.32. The molecule has 1 aliphatic rings. The first kappa shape index (κ1) is 11.6. The summed E-state index contributed by atoms with van der Waals surface area (Å²) < 4.78 is 0. The van der Waals surface area contributed by atoms with Crippen LogP contribution in [0.2, 0.25) is 0 Å². The van der Waals surface area contributed by atoms with E-state index in [1.165, 1.54) is 0 Å². The van der Waals surface area contributed by atoms with Crippen molar-refractivity contribution >= 4 is 11.8 Å². The highest BCUT2D eigenvalue weighted by Crippen LogP contribution is 2.09. The van der Waals surface area contributed by atoms with Gasteiger partial charge in [0, 0.05) is 13.0 Å². The Morgan fingerprint density at radius 3 is 2.80 bits per heavy atom. The summed E-state index contributed by atoms with van der Waals surface area (Å²) >= 11 is 0. The van der Waals surface area contributed by atoms with Crippen molar-refractivity contribution in [3.63, 3.8) is 0 Å². The highest BCUT2D eigenvalue weighted by atomic mass is 16.2. The molecule has 1 saturated heterocycles. The van der Waals surface area contributed by atoms with Gasteiger partial charge in [0.15, 0.2) is 0 Å². The summed E-state index contributed by atoms with van der Waals surface area (Å²) in [5, 5.41) is 2.68. The van der Waals surface area contributed by atoms with Crippen molar-refractivity contribution in [3.05, 3.63) is 0 Å². The number of likely N-dealkylation sites (tertiary alicyclic amines) is 1. The summed E-state index contributed by atoms with van der Waals surface area (Å²) in [5.74, 6) is 2.32. The molecule has 0 spiro atoms. The van der Waals surface area contributed by atoms with Crippen LogP contribution in [-0.4, -0.2) is 35.3 Å². The zero-order chi connectivity index (χ0) is 11.5. The summed E-state index contributed by atoms with van der Waals surface area (Å²) in [6.45, 7) is 4.28. The van der Waals surface area contributed by atoms with Gasteiger partial charge in [0.05, 0.1) is 12.1 Å². The van der Waals surface area contributed by atoms with Gasteiger partial charge in [0.1, 0.15) is 0 Å². The fraction of sp³-hybridized carbons (Fsp3) is 0.636. The number of carbonyl (C=O) groups excluding carboxylic acids is 2. The number of terminal acetylenes is 1. The first-order valence-corrected chi connectivity index (χ1v) is 5.01. The second-order valence-electron chi connectivity index (χ2n) is 4.24. The Morgan fingerprint density at radius 2 is 2.33 bits per heavy atom. The summed E-state index contributed by atoms with van der Waals surface area (Å²) in [6.07, 6.45) is 6.63. The topological polar surface area (TPSA) is 49.4 Å². The number of hydrogen-bond acceptors (Lipinski definition) is 2. The average Bonchev–Trinajstić information content (AvgIpc) is 2.51. The number of amides is 2. The molecule has 0 unspecified atom stereocenters. The second kappa shape index (κ2) is 4.35. The van der Waals surface area contributed by atoms with Crippen molar-refractivity contribution in [2.75, 3.05) is 13.1 Å². The molecule has 4 nitrogen and oxygen atoms in total. The predicted octanol–water partition coefficient (Wildman–Crippen LogP) is 0.137. The number of carbonyl (C=O) groups is 2. The van der Waals surface area contributed by atoms with Gasteiger partial charge in [-0.2, -0.15) is 0 Å². The van der Waals surface area contributed by atoms with E-state index in [1.807, 2.05) is 0 Å². The molecule has 0 radical (unpaired) electrons. The second-order valence-corrected chi connectivity index (χ2v) is 4.24. The first-order chi connectivity index (χ1) is 6.94. The molecule has 1 N–H and O–H groups in total. The minimum atomic E-state index is -0.653. The van der Waals surface area contributed by atoms with Gasteiger partial charge in [0.2, 0.25) is 11.8 Å². The Morgan fingerprint density at radius 1 is 1.67 bits per heavy atom. The van der Waals surface area contributed by atoms with Crippen molar-refractivity contribution in [1.82, 2.24) is 10.2 Å². The van der Waals surface area contributed by atoms with Crippen LogP contribution >= 0.6 is 0 Å². The van der Waals surface area contributed by atoms with Gasteiger partial charge in [0.25, 0.3) is 0 Å². The Bertz CT molecular complexity index is 315. The van der Waals surface area contributed by atoms with Crippen molar-refractivity contribution in [2.45, 2.75) is 32.2 Å². The molecular weight excluding hydrogens is 192 g/mol. The normalized spacial score (nSPS) is 16.3. The van der Waals surface area contributed by atoms with Crippen LogP contribution in [0, 0.1) is 12.3 Å². The summed E-state index contributed by atoms with van der Waals surface area (Å²) in [6, 6.07) is 0. The first-order valence-electron chi connectivity index (χ1n) is 5.01. The molecule has 0 saturated carbocycles. The molecule has 0 bridgehead atoms. The van der Waals surface area contributed by atoms with Crippen LogP contribution < -0.4 is 5.32 Å². The van der Waals surface area contributed by atoms with Crippen LogP contribution in [0.1, 0.15) is 26.7 Å². The molecule has 0 atom stereocenters. The molecule has 2 amide bonds. The van der Waals surface area contributed by atoms with Crippen LogP contribution in [-0.2, 0) is 9.59 Å². The van der Waals surface area contributed by atoms with Gasteiger partial charge in [-0.3, -0.25) is 9.59 Å². The van der Waals surface area contributed by atoms with Crippen molar-refractivity contribution < 1.29 is 9.59 Å². The van der Waals surface area contributed by atoms with Crippen molar-refractivity contribution in [3.8, 4) is 12.3 Å². The van der Waals surface area contributed by atoms with Gasteiger partial charge in [-0.05, 0) is 20.3 Å². The predicted molar refractivity (Wildman–Crippen MR) is 56.9 cm³/mol. The fourth-order valence-corrected chi connectivity index (χ4v) is 1.47. The monoisotopic (exact) mass is 208 g/mol. The summed E-state index contributed by atoms with van der Waals surface area (Å²) in [5.41, 5.74) is -0.653. The van der Waals surface area contributed by atoms with E-state index in [2.05, 4.69) is 11.2 Å². The lowest BCUT2D eigenvalue weighted by molar-refractivity contribution is -0.133. The van der Waals surface area contributed by atoms with E-state index in [0.29, 0.717) is 13.0 Å². The van der Waals surface area contributed by atoms with Crippen molar-refractivity contribution in [2.24, 2.45) is 0 Å². The van der Waals surface area contributed by atoms with Gasteiger partial charge < -0.3 is 10.2 Å². The van der Waals surface area contributed by atoms with E-state index in [1.54, 1.807) is 18.7 Å². The minimum absolute atomic E-state index is 0.0451. The van der Waals surface area contributed by atoms with Crippen LogP contribution in [0.4, 0.5) is 0 Å². The molecule has 15 heavy (non-hydrogen) atoms. The highest BCUT2D eigenvalue weighted by molar-refractivity contribution is 5.86. The number of nitrogens with zero attached hydrogens (tertiary/aromatic N) is 1. The van der Waals surface area contributed by atoms with Crippen molar-refractivity contribution in [1.29, 1.82) is 0 Å². The van der Waals surface area contributed by atoms with E-state index < -0.39 is 5.54 Å². The average molecular weight is 208 g/mol. The Labute approximate surface area is 90.0 Å². The lowest BCUT2D eigenvalue weighted by Crippen LogP contribution is -2.47. The van der Waals surface area contributed by atoms with Gasteiger partial charge in [-0.25, -0.2) is 0 Å². The number of nitrogens with one attached hydrogen (secondary N) is 1. The fourth-order valence-electron chi connectivity index (χ4n) is 1.47. The van der Waals surface area contributed by atoms with Crippen LogP contribution in [0.5, 0.6) is 0 Å². The standard InChI is InChI=1S/C11H16N2O2/c1-4-11(2,3)12-9(14)8-13-7-5-6-10(13)15/h1H,5-8H2,2-3H3,(H,12,14). The molecule has 1 rings (SSSR count). The molecule has 0 aromatic rings. The molecule has 0 aromatic heterocycles. The van der Waals surface area contributed by atoms with E-state index in [4.69, 9.17) is 6.42 Å². The molecule has 1 heterocycles. The SMILES string of the molecule is C#CC(C)(C)NC(=O)CN1CCCC1=O. The van der Waals surface area contributed by atoms with Crippen LogP contribution in [0.15, 0.2) is 0 Å². The maximum atomic E-state index is 11.5. The third kappa shape index (κ3) is 3.28. The van der Waals surface area contributed by atoms with Crippen LogP contribution in [0.3, 0.4) is 0 Å². The molecular formula is C11H16N2O2. The lowest BCUT2D eigenvalue weighted by Gasteiger charge is -2.22. The maximum Gasteiger partial charge on any atom is 0.240 e. The zero-order valence-corrected chi connectivity index (χ0v) is 9.17. The third-order valence-corrected chi connectivity index (χ3v) is 2.32. The largest absolute Gasteiger partial charge is 0.339 e. The smallest absolute Gasteiger partial charge is 0.240 e. The van der Waals surface area contributed by atoms with E-state index in [-0.39, 0.29) is 18.4 Å². The van der Waals surface area contributed by atoms with Crippen LogP contribution in [0.25, 0.3) is 0 Å².